The van der Waals surface area contributed by atoms with Crippen LogP contribution in [0.25, 0.3) is 0 Å². The second-order valence-corrected chi connectivity index (χ2v) is 8.22. The number of carbonyl (C=O) groups excluding carboxylic acids is 1. The molecule has 1 fully saturated rings. The van der Waals surface area contributed by atoms with E-state index in [0.717, 1.165) is 55.3 Å². The molecule has 2 aromatic rings. The number of ether oxygens (including phenoxy) is 1. The van der Waals surface area contributed by atoms with Gasteiger partial charge in [-0.1, -0.05) is 31.2 Å². The van der Waals surface area contributed by atoms with Gasteiger partial charge >= 0.3 is 0 Å². The lowest BCUT2D eigenvalue weighted by atomic mass is 9.98. The fraction of sp³-hybridized carbons (Fsp3) is 0.440. The minimum absolute atomic E-state index is 0.00838. The van der Waals surface area contributed by atoms with Crippen molar-refractivity contribution >= 4 is 11.6 Å². The van der Waals surface area contributed by atoms with Gasteiger partial charge in [0.15, 0.2) is 0 Å². The molecule has 170 valence electrons. The Morgan fingerprint density at radius 3 is 2.28 bits per heavy atom. The van der Waals surface area contributed by atoms with E-state index in [1.165, 1.54) is 12.1 Å². The minimum atomic E-state index is -0.283. The molecule has 7 heteroatoms. The first kappa shape index (κ1) is 22.4. The molecule has 2 heterocycles. The highest BCUT2D eigenvalue weighted by Crippen LogP contribution is 2.34. The van der Waals surface area contributed by atoms with Crippen molar-refractivity contribution in [2.45, 2.75) is 26.3 Å². The van der Waals surface area contributed by atoms with E-state index in [-0.39, 0.29) is 17.8 Å². The first-order valence-corrected chi connectivity index (χ1v) is 11.4. The van der Waals surface area contributed by atoms with Gasteiger partial charge in [-0.25, -0.2) is 9.40 Å². The van der Waals surface area contributed by atoms with E-state index < -0.39 is 0 Å². The summed E-state index contributed by atoms with van der Waals surface area (Å²) in [6.07, 6.45) is 0.592. The predicted molar refractivity (Wildman–Crippen MR) is 123 cm³/mol. The Morgan fingerprint density at radius 2 is 1.66 bits per heavy atom. The largest absolute Gasteiger partial charge is 0.494 e. The first-order valence-electron chi connectivity index (χ1n) is 11.4. The van der Waals surface area contributed by atoms with Crippen LogP contribution < -0.4 is 4.74 Å². The summed E-state index contributed by atoms with van der Waals surface area (Å²) in [6.45, 7) is 9.85. The maximum atomic E-state index is 13.4. The van der Waals surface area contributed by atoms with E-state index in [1.807, 2.05) is 31.2 Å². The Kier molecular flexibility index (Phi) is 7.17. The quantitative estimate of drug-likeness (QED) is 0.664. The Hall–Kier alpha value is -2.77. The molecule has 0 N–H and O–H groups in total. The third kappa shape index (κ3) is 5.16. The highest BCUT2D eigenvalue weighted by Gasteiger charge is 2.34. The van der Waals surface area contributed by atoms with Crippen LogP contribution >= 0.6 is 0 Å². The molecule has 4 rings (SSSR count). The van der Waals surface area contributed by atoms with Crippen LogP contribution in [0.2, 0.25) is 0 Å². The van der Waals surface area contributed by atoms with E-state index in [0.29, 0.717) is 19.6 Å². The molecule has 32 heavy (non-hydrogen) atoms. The van der Waals surface area contributed by atoms with Crippen molar-refractivity contribution in [2.24, 2.45) is 5.10 Å². The number of rotatable bonds is 7. The maximum Gasteiger partial charge on any atom is 0.257 e. The maximum absolute atomic E-state index is 13.4. The van der Waals surface area contributed by atoms with Gasteiger partial charge in [0, 0.05) is 32.6 Å². The van der Waals surface area contributed by atoms with Crippen molar-refractivity contribution in [1.82, 2.24) is 14.8 Å². The Bertz CT molecular complexity index is 937. The third-order valence-corrected chi connectivity index (χ3v) is 6.19. The van der Waals surface area contributed by atoms with E-state index in [9.17, 15) is 9.18 Å². The van der Waals surface area contributed by atoms with Crippen molar-refractivity contribution in [3.8, 4) is 5.75 Å². The van der Waals surface area contributed by atoms with Crippen molar-refractivity contribution < 1.29 is 13.9 Å². The topological polar surface area (TPSA) is 48.4 Å². The Morgan fingerprint density at radius 1 is 1.00 bits per heavy atom. The van der Waals surface area contributed by atoms with E-state index in [4.69, 9.17) is 9.84 Å². The number of nitrogens with zero attached hydrogens (tertiary/aromatic N) is 4. The molecule has 0 bridgehead atoms. The van der Waals surface area contributed by atoms with Crippen LogP contribution in [-0.2, 0) is 4.79 Å². The van der Waals surface area contributed by atoms with Crippen molar-refractivity contribution in [1.29, 1.82) is 0 Å². The van der Waals surface area contributed by atoms with Gasteiger partial charge in [-0.2, -0.15) is 5.10 Å². The molecule has 1 amide bonds. The fourth-order valence-corrected chi connectivity index (χ4v) is 4.30. The zero-order chi connectivity index (χ0) is 22.5. The number of hydrogen-bond donors (Lipinski definition) is 0. The minimum Gasteiger partial charge on any atom is -0.494 e. The van der Waals surface area contributed by atoms with Gasteiger partial charge in [-0.05, 0) is 48.9 Å². The first-order chi connectivity index (χ1) is 15.6. The van der Waals surface area contributed by atoms with Crippen LogP contribution in [0.3, 0.4) is 0 Å². The molecule has 2 aliphatic rings. The van der Waals surface area contributed by atoms with Gasteiger partial charge in [0.1, 0.15) is 11.6 Å². The number of piperazine rings is 1. The highest BCUT2D eigenvalue weighted by atomic mass is 19.1. The smallest absolute Gasteiger partial charge is 0.257 e. The summed E-state index contributed by atoms with van der Waals surface area (Å²) in [7, 11) is 0. The average molecular weight is 439 g/mol. The molecule has 2 aliphatic heterocycles. The van der Waals surface area contributed by atoms with Gasteiger partial charge in [-0.3, -0.25) is 9.69 Å². The molecular formula is C25H31FN4O2. The lowest BCUT2D eigenvalue weighted by Crippen LogP contribution is -2.49. The molecule has 0 unspecified atom stereocenters. The van der Waals surface area contributed by atoms with Gasteiger partial charge in [-0.15, -0.1) is 0 Å². The monoisotopic (exact) mass is 438 g/mol. The van der Waals surface area contributed by atoms with E-state index in [1.54, 1.807) is 17.1 Å². The molecule has 2 aromatic carbocycles. The molecule has 0 radical (unpaired) electrons. The molecule has 0 spiro atoms. The Balaban J connectivity index is 1.54. The second kappa shape index (κ2) is 10.2. The van der Waals surface area contributed by atoms with E-state index >= 15 is 0 Å². The predicted octanol–water partition coefficient (Wildman–Crippen LogP) is 3.54. The van der Waals surface area contributed by atoms with Gasteiger partial charge in [0.05, 0.1) is 24.9 Å². The number of carbonyl (C=O) groups is 1. The van der Waals surface area contributed by atoms with Gasteiger partial charge < -0.3 is 9.64 Å². The summed E-state index contributed by atoms with van der Waals surface area (Å²) in [4.78, 5) is 17.9. The number of hydrogen-bond acceptors (Lipinski definition) is 5. The van der Waals surface area contributed by atoms with Crippen LogP contribution in [0.4, 0.5) is 4.39 Å². The molecule has 0 aliphatic carbocycles. The molecule has 1 atom stereocenters. The highest BCUT2D eigenvalue weighted by molar-refractivity contribution is 6.03. The Labute approximate surface area is 189 Å². The summed E-state index contributed by atoms with van der Waals surface area (Å²) < 4.78 is 19.0. The van der Waals surface area contributed by atoms with Gasteiger partial charge in [0.2, 0.25) is 0 Å². The molecule has 1 saturated heterocycles. The average Bonchev–Trinajstić information content (AvgIpc) is 3.26. The fourth-order valence-electron chi connectivity index (χ4n) is 4.30. The number of likely N-dealkylation sites (N-methyl/N-ethyl adjacent to an activating group) is 1. The van der Waals surface area contributed by atoms with Crippen LogP contribution in [0.1, 0.15) is 37.4 Å². The summed E-state index contributed by atoms with van der Waals surface area (Å²) >= 11 is 0. The lowest BCUT2D eigenvalue weighted by molar-refractivity contribution is -0.134. The third-order valence-electron chi connectivity index (χ3n) is 6.19. The van der Waals surface area contributed by atoms with Crippen molar-refractivity contribution in [3.63, 3.8) is 0 Å². The summed E-state index contributed by atoms with van der Waals surface area (Å²) in [5.74, 6) is 0.515. The van der Waals surface area contributed by atoms with Crippen molar-refractivity contribution in [3.05, 3.63) is 65.5 Å². The second-order valence-electron chi connectivity index (χ2n) is 8.22. The van der Waals surface area contributed by atoms with Gasteiger partial charge in [0.25, 0.3) is 5.91 Å². The van der Waals surface area contributed by atoms with Crippen LogP contribution in [0.5, 0.6) is 5.75 Å². The summed E-state index contributed by atoms with van der Waals surface area (Å²) in [6, 6.07) is 14.0. The zero-order valence-electron chi connectivity index (χ0n) is 18.8. The van der Waals surface area contributed by atoms with Crippen LogP contribution in [-0.4, -0.2) is 72.3 Å². The standard InChI is InChI=1S/C25H31FN4O2/c1-3-28-13-15-29(16-14-28)18-25(31)30-24(20-7-11-22(12-8-20)32-4-2)17-23(27-30)19-5-9-21(26)10-6-19/h5-12,24H,3-4,13-18H2,1-2H3/t24-/m0/s1. The number of benzene rings is 2. The zero-order valence-corrected chi connectivity index (χ0v) is 18.8. The molecule has 0 aromatic heterocycles. The van der Waals surface area contributed by atoms with Crippen LogP contribution in [0.15, 0.2) is 53.6 Å². The molecule has 0 saturated carbocycles. The van der Waals surface area contributed by atoms with Crippen LogP contribution in [0, 0.1) is 5.82 Å². The summed E-state index contributed by atoms with van der Waals surface area (Å²) in [5, 5.41) is 6.34. The number of halogens is 1. The SMILES string of the molecule is CCOc1ccc([C@@H]2CC(c3ccc(F)cc3)=NN2C(=O)CN2CCN(CC)CC2)cc1. The normalized spacial score (nSPS) is 19.8. The number of amides is 1. The lowest BCUT2D eigenvalue weighted by Gasteiger charge is -2.34. The molecule has 6 nitrogen and oxygen atoms in total. The van der Waals surface area contributed by atoms with E-state index in [2.05, 4.69) is 16.7 Å². The molecular weight excluding hydrogens is 407 g/mol. The summed E-state index contributed by atoms with van der Waals surface area (Å²) in [5.41, 5.74) is 2.65. The van der Waals surface area contributed by atoms with Crippen molar-refractivity contribution in [2.75, 3.05) is 45.9 Å². The number of hydrazone groups is 1.